The van der Waals surface area contributed by atoms with Crippen LogP contribution in [-0.4, -0.2) is 19.3 Å². The van der Waals surface area contributed by atoms with Crippen molar-refractivity contribution in [3.63, 3.8) is 0 Å². The minimum atomic E-state index is 0.561. The molecule has 2 nitrogen and oxygen atoms in total. The van der Waals surface area contributed by atoms with Crippen molar-refractivity contribution in [1.29, 1.82) is 0 Å². The summed E-state index contributed by atoms with van der Waals surface area (Å²) in [6.07, 6.45) is 1.11. The Morgan fingerprint density at radius 1 is 1.29 bits per heavy atom. The van der Waals surface area contributed by atoms with E-state index in [0.717, 1.165) is 19.6 Å². The van der Waals surface area contributed by atoms with Crippen molar-refractivity contribution in [1.82, 2.24) is 0 Å². The minimum absolute atomic E-state index is 0.561. The van der Waals surface area contributed by atoms with Gasteiger partial charge in [-0.2, -0.15) is 0 Å². The Morgan fingerprint density at radius 3 is 2.79 bits per heavy atom. The molecule has 0 bridgehead atoms. The summed E-state index contributed by atoms with van der Waals surface area (Å²) in [4.78, 5) is 0. The molecule has 1 heterocycles. The molecule has 1 fully saturated rings. The van der Waals surface area contributed by atoms with Crippen LogP contribution >= 0.6 is 0 Å². The molecule has 0 aromatic heterocycles. The molecule has 2 heteroatoms. The molecule has 1 aromatic rings. The summed E-state index contributed by atoms with van der Waals surface area (Å²) < 4.78 is 5.41. The molecule has 0 amide bonds. The Kier molecular flexibility index (Phi) is 3.04. The third-order valence-electron chi connectivity index (χ3n) is 2.77. The zero-order chi connectivity index (χ0) is 9.80. The molecule has 2 atom stereocenters. The maximum atomic E-state index is 5.41. The average Bonchev–Trinajstić information content (AvgIpc) is 2.23. The van der Waals surface area contributed by atoms with Crippen molar-refractivity contribution < 1.29 is 4.74 Å². The van der Waals surface area contributed by atoms with Crippen molar-refractivity contribution in [2.45, 2.75) is 19.4 Å². The molecule has 1 N–H and O–H groups in total. The van der Waals surface area contributed by atoms with Gasteiger partial charge in [0, 0.05) is 18.3 Å². The number of nitrogens with one attached hydrogen (secondary N) is 1. The molecular formula is C12H17NO. The standard InChI is InChI=1S/C12H17NO/c1-10-9-14-8-7-12(10)13-11-5-3-2-4-6-11/h2-6,10,12-13H,7-9H2,1H3. The highest BCUT2D eigenvalue weighted by atomic mass is 16.5. The second-order valence-electron chi connectivity index (χ2n) is 3.96. The van der Waals surface area contributed by atoms with Crippen molar-refractivity contribution in [2.75, 3.05) is 18.5 Å². The Bertz CT molecular complexity index is 273. The number of rotatable bonds is 2. The summed E-state index contributed by atoms with van der Waals surface area (Å²) in [7, 11) is 0. The van der Waals surface area contributed by atoms with Crippen molar-refractivity contribution >= 4 is 5.69 Å². The van der Waals surface area contributed by atoms with E-state index >= 15 is 0 Å². The quantitative estimate of drug-likeness (QED) is 0.775. The number of anilines is 1. The predicted molar refractivity (Wildman–Crippen MR) is 58.5 cm³/mol. The van der Waals surface area contributed by atoms with Gasteiger partial charge in [0.1, 0.15) is 0 Å². The van der Waals surface area contributed by atoms with E-state index in [9.17, 15) is 0 Å². The maximum absolute atomic E-state index is 5.41. The van der Waals surface area contributed by atoms with Gasteiger partial charge in [-0.1, -0.05) is 25.1 Å². The number of benzene rings is 1. The summed E-state index contributed by atoms with van der Waals surface area (Å²) in [6.45, 7) is 4.00. The van der Waals surface area contributed by atoms with Crippen LogP contribution in [0.2, 0.25) is 0 Å². The van der Waals surface area contributed by atoms with E-state index in [4.69, 9.17) is 4.74 Å². The molecule has 1 aliphatic rings. The van der Waals surface area contributed by atoms with Crippen LogP contribution in [0, 0.1) is 5.92 Å². The van der Waals surface area contributed by atoms with Gasteiger partial charge in [-0.3, -0.25) is 0 Å². The van der Waals surface area contributed by atoms with Crippen molar-refractivity contribution in [2.24, 2.45) is 5.92 Å². The largest absolute Gasteiger partial charge is 0.382 e. The van der Waals surface area contributed by atoms with Crippen LogP contribution in [0.4, 0.5) is 5.69 Å². The van der Waals surface area contributed by atoms with E-state index in [-0.39, 0.29) is 0 Å². The fourth-order valence-electron chi connectivity index (χ4n) is 1.84. The fraction of sp³-hybridized carbons (Fsp3) is 0.500. The van der Waals surface area contributed by atoms with Gasteiger partial charge < -0.3 is 10.1 Å². The monoisotopic (exact) mass is 191 g/mol. The number of para-hydroxylation sites is 1. The third-order valence-corrected chi connectivity index (χ3v) is 2.77. The topological polar surface area (TPSA) is 21.3 Å². The van der Waals surface area contributed by atoms with Crippen LogP contribution in [0.15, 0.2) is 30.3 Å². The van der Waals surface area contributed by atoms with E-state index < -0.39 is 0 Å². The van der Waals surface area contributed by atoms with E-state index in [1.807, 2.05) is 6.07 Å². The van der Waals surface area contributed by atoms with Gasteiger partial charge in [-0.05, 0) is 24.5 Å². The highest BCUT2D eigenvalue weighted by molar-refractivity contribution is 5.43. The molecule has 1 saturated heterocycles. The zero-order valence-electron chi connectivity index (χ0n) is 8.57. The highest BCUT2D eigenvalue weighted by Gasteiger charge is 2.21. The first kappa shape index (κ1) is 9.53. The lowest BCUT2D eigenvalue weighted by Gasteiger charge is -2.30. The fourth-order valence-corrected chi connectivity index (χ4v) is 1.84. The lowest BCUT2D eigenvalue weighted by atomic mass is 9.97. The predicted octanol–water partition coefficient (Wildman–Crippen LogP) is 2.52. The molecule has 14 heavy (non-hydrogen) atoms. The summed E-state index contributed by atoms with van der Waals surface area (Å²) in [6, 6.07) is 11.0. The van der Waals surface area contributed by atoms with Crippen LogP contribution in [0.25, 0.3) is 0 Å². The van der Waals surface area contributed by atoms with E-state index in [1.54, 1.807) is 0 Å². The van der Waals surface area contributed by atoms with Gasteiger partial charge in [0.2, 0.25) is 0 Å². The van der Waals surface area contributed by atoms with Gasteiger partial charge >= 0.3 is 0 Å². The maximum Gasteiger partial charge on any atom is 0.0511 e. The first-order chi connectivity index (χ1) is 6.86. The van der Waals surface area contributed by atoms with Crippen LogP contribution in [0.1, 0.15) is 13.3 Å². The molecule has 2 unspecified atom stereocenters. The van der Waals surface area contributed by atoms with Gasteiger partial charge in [0.25, 0.3) is 0 Å². The average molecular weight is 191 g/mol. The molecular weight excluding hydrogens is 174 g/mol. The van der Waals surface area contributed by atoms with Gasteiger partial charge in [0.15, 0.2) is 0 Å². The first-order valence-corrected chi connectivity index (χ1v) is 5.25. The SMILES string of the molecule is CC1COCCC1Nc1ccccc1. The van der Waals surface area contributed by atoms with Crippen LogP contribution in [0.3, 0.4) is 0 Å². The van der Waals surface area contributed by atoms with Crippen LogP contribution in [-0.2, 0) is 4.74 Å². The van der Waals surface area contributed by atoms with Crippen LogP contribution in [0.5, 0.6) is 0 Å². The molecule has 0 saturated carbocycles. The van der Waals surface area contributed by atoms with Crippen LogP contribution < -0.4 is 5.32 Å². The Morgan fingerprint density at radius 2 is 2.07 bits per heavy atom. The van der Waals surface area contributed by atoms with Gasteiger partial charge in [-0.15, -0.1) is 0 Å². The summed E-state index contributed by atoms with van der Waals surface area (Å²) in [5, 5.41) is 3.55. The minimum Gasteiger partial charge on any atom is -0.382 e. The molecule has 1 aromatic carbocycles. The van der Waals surface area contributed by atoms with Crippen molar-refractivity contribution in [3.05, 3.63) is 30.3 Å². The number of hydrogen-bond donors (Lipinski definition) is 1. The lowest BCUT2D eigenvalue weighted by molar-refractivity contribution is 0.0538. The summed E-state index contributed by atoms with van der Waals surface area (Å²) in [5.41, 5.74) is 1.21. The van der Waals surface area contributed by atoms with Gasteiger partial charge in [-0.25, -0.2) is 0 Å². The van der Waals surface area contributed by atoms with E-state index in [1.165, 1.54) is 5.69 Å². The summed E-state index contributed by atoms with van der Waals surface area (Å²) in [5.74, 6) is 0.601. The number of hydrogen-bond acceptors (Lipinski definition) is 2. The smallest absolute Gasteiger partial charge is 0.0511 e. The molecule has 0 aliphatic carbocycles. The molecule has 0 spiro atoms. The Labute approximate surface area is 85.3 Å². The van der Waals surface area contributed by atoms with E-state index in [2.05, 4.69) is 36.5 Å². The first-order valence-electron chi connectivity index (χ1n) is 5.25. The number of ether oxygens (including phenoxy) is 1. The van der Waals surface area contributed by atoms with Crippen molar-refractivity contribution in [3.8, 4) is 0 Å². The van der Waals surface area contributed by atoms with E-state index in [0.29, 0.717) is 12.0 Å². The lowest BCUT2D eigenvalue weighted by Crippen LogP contribution is -2.35. The Balaban J connectivity index is 1.96. The molecule has 76 valence electrons. The normalized spacial score (nSPS) is 27.2. The summed E-state index contributed by atoms with van der Waals surface area (Å²) >= 11 is 0. The third kappa shape index (κ3) is 2.26. The second kappa shape index (κ2) is 4.47. The molecule has 1 aliphatic heterocycles. The highest BCUT2D eigenvalue weighted by Crippen LogP contribution is 2.18. The zero-order valence-corrected chi connectivity index (χ0v) is 8.57. The Hall–Kier alpha value is -1.02. The van der Waals surface area contributed by atoms with Gasteiger partial charge in [0.05, 0.1) is 6.61 Å². The second-order valence-corrected chi connectivity index (χ2v) is 3.96. The molecule has 2 rings (SSSR count). The molecule has 0 radical (unpaired) electrons.